The number of nitrogens with zero attached hydrogens (tertiary/aromatic N) is 3. The van der Waals surface area contributed by atoms with Gasteiger partial charge in [-0.05, 0) is 43.8 Å². The minimum absolute atomic E-state index is 0.0956. The first-order valence-electron chi connectivity index (χ1n) is 8.23. The van der Waals surface area contributed by atoms with Gasteiger partial charge in [0.1, 0.15) is 6.54 Å². The molecular formula is C19H20N4O2S. The van der Waals surface area contributed by atoms with Gasteiger partial charge in [-0.2, -0.15) is 0 Å². The lowest BCUT2D eigenvalue weighted by molar-refractivity contribution is -0.121. The number of carbonyl (C=O) groups is 2. The third kappa shape index (κ3) is 4.05. The summed E-state index contributed by atoms with van der Waals surface area (Å²) >= 11 is 1.10. The first kappa shape index (κ1) is 18.0. The van der Waals surface area contributed by atoms with E-state index in [4.69, 9.17) is 0 Å². The second kappa shape index (κ2) is 7.21. The number of amides is 2. The van der Waals surface area contributed by atoms with Crippen LogP contribution in [0.2, 0.25) is 0 Å². The van der Waals surface area contributed by atoms with Crippen LogP contribution in [0.3, 0.4) is 0 Å². The van der Waals surface area contributed by atoms with Crippen LogP contribution in [-0.2, 0) is 4.79 Å². The molecule has 7 heteroatoms. The first-order chi connectivity index (χ1) is 12.3. The highest BCUT2D eigenvalue weighted by atomic mass is 32.1. The molecule has 0 fully saturated rings. The summed E-state index contributed by atoms with van der Waals surface area (Å²) in [6.07, 6.45) is 0. The number of rotatable bonds is 4. The van der Waals surface area contributed by atoms with Crippen molar-refractivity contribution in [2.75, 3.05) is 11.4 Å². The summed E-state index contributed by atoms with van der Waals surface area (Å²) in [5.41, 5.74) is 0.517. The number of fused-ring (bicyclic) bond motifs is 1. The Balaban J connectivity index is 2.02. The SMILES string of the molecule is CC(C)(C)NC(=O)CN(C(=O)c1csnn1)c1cccc2ccccc12. The quantitative estimate of drug-likeness (QED) is 0.767. The molecule has 0 aliphatic carbocycles. The van der Waals surface area contributed by atoms with Crippen molar-refractivity contribution in [1.82, 2.24) is 14.9 Å². The molecule has 0 unspecified atom stereocenters. The molecule has 3 rings (SSSR count). The van der Waals surface area contributed by atoms with E-state index in [0.717, 1.165) is 22.3 Å². The predicted molar refractivity (Wildman–Crippen MR) is 103 cm³/mol. The van der Waals surface area contributed by atoms with E-state index in [2.05, 4.69) is 14.9 Å². The minimum Gasteiger partial charge on any atom is -0.350 e. The molecule has 2 aromatic carbocycles. The Bertz CT molecular complexity index is 927. The Morgan fingerprint density at radius 1 is 1.12 bits per heavy atom. The van der Waals surface area contributed by atoms with Crippen LogP contribution >= 0.6 is 11.5 Å². The molecule has 0 atom stereocenters. The van der Waals surface area contributed by atoms with E-state index >= 15 is 0 Å². The molecule has 6 nitrogen and oxygen atoms in total. The lowest BCUT2D eigenvalue weighted by Crippen LogP contribution is -2.47. The number of hydrogen-bond donors (Lipinski definition) is 1. The van der Waals surface area contributed by atoms with Gasteiger partial charge in [0.25, 0.3) is 5.91 Å². The van der Waals surface area contributed by atoms with E-state index in [1.54, 1.807) is 5.38 Å². The predicted octanol–water partition coefficient (Wildman–Crippen LogP) is 3.25. The fourth-order valence-corrected chi connectivity index (χ4v) is 3.14. The van der Waals surface area contributed by atoms with Crippen LogP contribution in [0, 0.1) is 0 Å². The van der Waals surface area contributed by atoms with Gasteiger partial charge in [0.05, 0.1) is 5.69 Å². The average molecular weight is 368 g/mol. The lowest BCUT2D eigenvalue weighted by Gasteiger charge is -2.26. The highest BCUT2D eigenvalue weighted by molar-refractivity contribution is 7.03. The molecule has 0 aliphatic rings. The number of carbonyl (C=O) groups excluding carboxylic acids is 2. The van der Waals surface area contributed by atoms with Crippen LogP contribution in [-0.4, -0.2) is 33.5 Å². The summed E-state index contributed by atoms with van der Waals surface area (Å²) in [7, 11) is 0. The van der Waals surface area contributed by atoms with Gasteiger partial charge in [-0.25, -0.2) is 0 Å². The van der Waals surface area contributed by atoms with Gasteiger partial charge in [-0.3, -0.25) is 14.5 Å². The second-order valence-electron chi connectivity index (χ2n) is 6.98. The summed E-state index contributed by atoms with van der Waals surface area (Å²) in [5, 5.41) is 10.3. The van der Waals surface area contributed by atoms with E-state index in [-0.39, 0.29) is 29.6 Å². The summed E-state index contributed by atoms with van der Waals surface area (Å²) in [5.74, 6) is -0.582. The van der Waals surface area contributed by atoms with Gasteiger partial charge in [0, 0.05) is 16.3 Å². The van der Waals surface area contributed by atoms with Crippen molar-refractivity contribution in [2.24, 2.45) is 0 Å². The van der Waals surface area contributed by atoms with Crippen molar-refractivity contribution >= 4 is 39.8 Å². The average Bonchev–Trinajstić information content (AvgIpc) is 3.12. The van der Waals surface area contributed by atoms with Crippen LogP contribution in [0.25, 0.3) is 10.8 Å². The Hall–Kier alpha value is -2.80. The van der Waals surface area contributed by atoms with Gasteiger partial charge in [0.15, 0.2) is 5.69 Å². The van der Waals surface area contributed by atoms with Crippen molar-refractivity contribution in [3.05, 3.63) is 53.5 Å². The van der Waals surface area contributed by atoms with E-state index < -0.39 is 0 Å². The number of nitrogens with one attached hydrogen (secondary N) is 1. The van der Waals surface area contributed by atoms with Crippen molar-refractivity contribution < 1.29 is 9.59 Å². The Labute approximate surface area is 156 Å². The summed E-state index contributed by atoms with van der Waals surface area (Å²) in [4.78, 5) is 27.0. The molecule has 26 heavy (non-hydrogen) atoms. The van der Waals surface area contributed by atoms with E-state index in [0.29, 0.717) is 5.69 Å². The highest BCUT2D eigenvalue weighted by Gasteiger charge is 2.25. The van der Waals surface area contributed by atoms with Crippen LogP contribution in [0.4, 0.5) is 5.69 Å². The molecule has 1 aromatic heterocycles. The Kier molecular flexibility index (Phi) is 4.99. The topological polar surface area (TPSA) is 75.2 Å². The molecule has 2 amide bonds. The maximum atomic E-state index is 13.0. The third-order valence-corrected chi connectivity index (χ3v) is 4.20. The molecule has 0 saturated heterocycles. The number of benzene rings is 2. The van der Waals surface area contributed by atoms with Gasteiger partial charge < -0.3 is 5.32 Å². The zero-order chi connectivity index (χ0) is 18.7. The third-order valence-electron chi connectivity index (χ3n) is 3.70. The summed E-state index contributed by atoms with van der Waals surface area (Å²) in [6.45, 7) is 5.61. The molecule has 0 radical (unpaired) electrons. The summed E-state index contributed by atoms with van der Waals surface area (Å²) < 4.78 is 3.76. The van der Waals surface area contributed by atoms with Crippen LogP contribution in [0.1, 0.15) is 31.3 Å². The fourth-order valence-electron chi connectivity index (χ4n) is 2.71. The van der Waals surface area contributed by atoms with Crippen molar-refractivity contribution in [3.63, 3.8) is 0 Å². The van der Waals surface area contributed by atoms with Crippen LogP contribution in [0.5, 0.6) is 0 Å². The van der Waals surface area contributed by atoms with Crippen LogP contribution < -0.4 is 10.2 Å². The molecule has 0 bridgehead atoms. The van der Waals surface area contributed by atoms with E-state index in [1.165, 1.54) is 4.90 Å². The van der Waals surface area contributed by atoms with Crippen LogP contribution in [0.15, 0.2) is 47.8 Å². The van der Waals surface area contributed by atoms with Crippen molar-refractivity contribution in [3.8, 4) is 0 Å². The molecular weight excluding hydrogens is 348 g/mol. The standard InChI is InChI=1S/C19H20N4O2S/c1-19(2,3)20-17(24)11-23(18(25)15-12-26-22-21-15)16-10-6-8-13-7-4-5-9-14(13)16/h4-10,12H,11H2,1-3H3,(H,20,24). The number of anilines is 1. The van der Waals surface area contributed by atoms with Gasteiger partial charge in [-0.15, -0.1) is 5.10 Å². The maximum absolute atomic E-state index is 13.0. The van der Waals surface area contributed by atoms with Crippen molar-refractivity contribution in [1.29, 1.82) is 0 Å². The number of hydrogen-bond acceptors (Lipinski definition) is 5. The Morgan fingerprint density at radius 3 is 2.54 bits per heavy atom. The number of aromatic nitrogens is 2. The monoisotopic (exact) mass is 368 g/mol. The molecule has 0 aliphatic heterocycles. The molecule has 0 spiro atoms. The molecule has 1 N–H and O–H groups in total. The maximum Gasteiger partial charge on any atom is 0.280 e. The highest BCUT2D eigenvalue weighted by Crippen LogP contribution is 2.27. The van der Waals surface area contributed by atoms with Gasteiger partial charge in [-0.1, -0.05) is 40.9 Å². The van der Waals surface area contributed by atoms with E-state index in [1.807, 2.05) is 63.2 Å². The van der Waals surface area contributed by atoms with Gasteiger partial charge in [0.2, 0.25) is 5.91 Å². The van der Waals surface area contributed by atoms with Crippen molar-refractivity contribution in [2.45, 2.75) is 26.3 Å². The Morgan fingerprint density at radius 2 is 1.85 bits per heavy atom. The lowest BCUT2D eigenvalue weighted by atomic mass is 10.1. The summed E-state index contributed by atoms with van der Waals surface area (Å²) in [6, 6.07) is 13.4. The van der Waals surface area contributed by atoms with Gasteiger partial charge >= 0.3 is 0 Å². The zero-order valence-corrected chi connectivity index (χ0v) is 15.7. The molecule has 134 valence electrons. The second-order valence-corrected chi connectivity index (χ2v) is 7.59. The first-order valence-corrected chi connectivity index (χ1v) is 9.06. The minimum atomic E-state index is -0.382. The zero-order valence-electron chi connectivity index (χ0n) is 14.9. The smallest absolute Gasteiger partial charge is 0.280 e. The fraction of sp³-hybridized carbons (Fsp3) is 0.263. The molecule has 3 aromatic rings. The normalized spacial score (nSPS) is 11.3. The van der Waals surface area contributed by atoms with E-state index in [9.17, 15) is 9.59 Å². The largest absolute Gasteiger partial charge is 0.350 e. The molecule has 1 heterocycles. The molecule has 0 saturated carbocycles.